The van der Waals surface area contributed by atoms with Gasteiger partial charge in [0.05, 0.1) is 0 Å². The molecule has 14 heavy (non-hydrogen) atoms. The van der Waals surface area contributed by atoms with Crippen LogP contribution in [-0.4, -0.2) is 47.8 Å². The van der Waals surface area contributed by atoms with Crippen LogP contribution < -0.4 is 5.32 Å². The maximum absolute atomic E-state index is 8.94. The van der Waals surface area contributed by atoms with Gasteiger partial charge in [0, 0.05) is 24.7 Å². The second kappa shape index (κ2) is 5.10. The molecule has 1 unspecified atom stereocenters. The first-order valence-corrected chi connectivity index (χ1v) is 5.69. The maximum atomic E-state index is 8.94. The molecule has 0 aromatic rings. The van der Waals surface area contributed by atoms with E-state index in [0.717, 1.165) is 26.1 Å². The average Bonchev–Trinajstić information content (AvgIpc) is 2.25. The minimum absolute atomic E-state index is 0.287. The Morgan fingerprint density at radius 2 is 2.21 bits per heavy atom. The Hall–Kier alpha value is -0.120. The quantitative estimate of drug-likeness (QED) is 0.708. The van der Waals surface area contributed by atoms with E-state index in [9.17, 15) is 0 Å². The first-order valence-electron chi connectivity index (χ1n) is 5.69. The van der Waals surface area contributed by atoms with Crippen LogP contribution in [0.3, 0.4) is 0 Å². The van der Waals surface area contributed by atoms with Crippen molar-refractivity contribution < 1.29 is 5.11 Å². The first kappa shape index (κ1) is 12.0. The molecule has 1 aliphatic heterocycles. The molecule has 0 amide bonds. The van der Waals surface area contributed by atoms with Crippen molar-refractivity contribution in [2.75, 3.05) is 26.2 Å². The minimum Gasteiger partial charge on any atom is -0.396 e. The molecule has 1 rings (SSSR count). The predicted molar refractivity (Wildman–Crippen MR) is 59.4 cm³/mol. The van der Waals surface area contributed by atoms with Crippen molar-refractivity contribution in [3.05, 3.63) is 0 Å². The number of nitrogens with one attached hydrogen (secondary N) is 1. The van der Waals surface area contributed by atoms with Gasteiger partial charge in [0.25, 0.3) is 0 Å². The molecule has 0 bridgehead atoms. The number of rotatable bonds is 3. The lowest BCUT2D eigenvalue weighted by atomic mass is 9.98. The predicted octanol–water partition coefficient (Wildman–Crippen LogP) is 0.831. The largest absolute Gasteiger partial charge is 0.396 e. The zero-order valence-corrected chi connectivity index (χ0v) is 9.71. The Morgan fingerprint density at radius 1 is 1.50 bits per heavy atom. The molecule has 2 N–H and O–H groups in total. The van der Waals surface area contributed by atoms with E-state index >= 15 is 0 Å². The summed E-state index contributed by atoms with van der Waals surface area (Å²) in [7, 11) is 0. The van der Waals surface area contributed by atoms with Crippen LogP contribution in [0.15, 0.2) is 0 Å². The van der Waals surface area contributed by atoms with Crippen molar-refractivity contribution in [2.45, 2.75) is 45.2 Å². The van der Waals surface area contributed by atoms with Crippen molar-refractivity contribution in [3.8, 4) is 0 Å². The SMILES string of the molecule is CCN1CC(CCO)NCCC1(C)C. The monoisotopic (exact) mass is 200 g/mol. The highest BCUT2D eigenvalue weighted by molar-refractivity contribution is 4.88. The summed E-state index contributed by atoms with van der Waals surface area (Å²) in [6, 6.07) is 0.460. The van der Waals surface area contributed by atoms with Gasteiger partial charge in [-0.05, 0) is 39.8 Å². The molecule has 1 aliphatic rings. The normalized spacial score (nSPS) is 28.7. The Kier molecular flexibility index (Phi) is 4.35. The van der Waals surface area contributed by atoms with Crippen molar-refractivity contribution in [1.29, 1.82) is 0 Å². The molecule has 0 radical (unpaired) electrons. The topological polar surface area (TPSA) is 35.5 Å². The van der Waals surface area contributed by atoms with Gasteiger partial charge in [0.15, 0.2) is 0 Å². The highest BCUT2D eigenvalue weighted by atomic mass is 16.3. The molecule has 3 nitrogen and oxygen atoms in total. The van der Waals surface area contributed by atoms with Crippen LogP contribution in [0, 0.1) is 0 Å². The van der Waals surface area contributed by atoms with Crippen molar-refractivity contribution >= 4 is 0 Å². The maximum Gasteiger partial charge on any atom is 0.0446 e. The highest BCUT2D eigenvalue weighted by Crippen LogP contribution is 2.21. The lowest BCUT2D eigenvalue weighted by Gasteiger charge is -2.37. The Balaban J connectivity index is 2.58. The zero-order valence-electron chi connectivity index (χ0n) is 9.71. The molecule has 84 valence electrons. The summed E-state index contributed by atoms with van der Waals surface area (Å²) in [5, 5.41) is 12.4. The zero-order chi connectivity index (χ0) is 10.6. The Labute approximate surface area is 87.5 Å². The average molecular weight is 200 g/mol. The molecular formula is C11H24N2O. The van der Waals surface area contributed by atoms with E-state index in [4.69, 9.17) is 5.11 Å². The van der Waals surface area contributed by atoms with Crippen LogP contribution in [0.2, 0.25) is 0 Å². The van der Waals surface area contributed by atoms with Gasteiger partial charge >= 0.3 is 0 Å². The summed E-state index contributed by atoms with van der Waals surface area (Å²) in [6.07, 6.45) is 2.05. The minimum atomic E-state index is 0.287. The molecule has 0 saturated carbocycles. The van der Waals surface area contributed by atoms with Crippen molar-refractivity contribution in [3.63, 3.8) is 0 Å². The number of nitrogens with zero attached hydrogens (tertiary/aromatic N) is 1. The van der Waals surface area contributed by atoms with Crippen molar-refractivity contribution in [1.82, 2.24) is 10.2 Å². The van der Waals surface area contributed by atoms with E-state index in [0.29, 0.717) is 11.6 Å². The fraction of sp³-hybridized carbons (Fsp3) is 1.00. The summed E-state index contributed by atoms with van der Waals surface area (Å²) in [5.41, 5.74) is 0.298. The van der Waals surface area contributed by atoms with Gasteiger partial charge in [-0.2, -0.15) is 0 Å². The fourth-order valence-electron chi connectivity index (χ4n) is 2.22. The third kappa shape index (κ3) is 2.94. The van der Waals surface area contributed by atoms with Crippen LogP contribution in [0.25, 0.3) is 0 Å². The molecule has 0 spiro atoms. The molecule has 3 heteroatoms. The van der Waals surface area contributed by atoms with Gasteiger partial charge in [0.1, 0.15) is 0 Å². The number of hydrogen-bond acceptors (Lipinski definition) is 3. The van der Waals surface area contributed by atoms with E-state index in [1.54, 1.807) is 0 Å². The number of likely N-dealkylation sites (N-methyl/N-ethyl adjacent to an activating group) is 1. The fourth-order valence-corrected chi connectivity index (χ4v) is 2.22. The van der Waals surface area contributed by atoms with E-state index in [-0.39, 0.29) is 6.61 Å². The molecule has 1 atom stereocenters. The van der Waals surface area contributed by atoms with Crippen LogP contribution in [0.4, 0.5) is 0 Å². The summed E-state index contributed by atoms with van der Waals surface area (Å²) >= 11 is 0. The second-order valence-electron chi connectivity index (χ2n) is 4.76. The summed E-state index contributed by atoms with van der Waals surface area (Å²) in [6.45, 7) is 10.3. The van der Waals surface area contributed by atoms with Gasteiger partial charge in [-0.15, -0.1) is 0 Å². The summed E-state index contributed by atoms with van der Waals surface area (Å²) < 4.78 is 0. The Morgan fingerprint density at radius 3 is 2.79 bits per heavy atom. The van der Waals surface area contributed by atoms with Crippen LogP contribution in [0.5, 0.6) is 0 Å². The third-order valence-electron chi connectivity index (χ3n) is 3.33. The number of hydrogen-bond donors (Lipinski definition) is 2. The van der Waals surface area contributed by atoms with Gasteiger partial charge in [-0.3, -0.25) is 4.90 Å². The van der Waals surface area contributed by atoms with E-state index in [1.165, 1.54) is 6.42 Å². The Bertz CT molecular complexity index is 171. The van der Waals surface area contributed by atoms with Gasteiger partial charge in [-0.1, -0.05) is 6.92 Å². The van der Waals surface area contributed by atoms with Crippen molar-refractivity contribution in [2.24, 2.45) is 0 Å². The number of aliphatic hydroxyl groups excluding tert-OH is 1. The smallest absolute Gasteiger partial charge is 0.0446 e. The molecule has 0 aromatic heterocycles. The first-order chi connectivity index (χ1) is 6.60. The molecule has 0 aromatic carbocycles. The lowest BCUT2D eigenvalue weighted by molar-refractivity contribution is 0.122. The van der Waals surface area contributed by atoms with Crippen LogP contribution >= 0.6 is 0 Å². The van der Waals surface area contributed by atoms with E-state index in [1.807, 2.05) is 0 Å². The lowest BCUT2D eigenvalue weighted by Crippen LogP contribution is -2.46. The molecule has 1 saturated heterocycles. The van der Waals surface area contributed by atoms with Gasteiger partial charge < -0.3 is 10.4 Å². The standard InChI is InChI=1S/C11H24N2O/c1-4-13-9-10(5-8-14)12-7-6-11(13,2)3/h10,12,14H,4-9H2,1-3H3. The molecule has 1 fully saturated rings. The van der Waals surface area contributed by atoms with E-state index < -0.39 is 0 Å². The van der Waals surface area contributed by atoms with Crippen LogP contribution in [0.1, 0.15) is 33.6 Å². The summed E-state index contributed by atoms with van der Waals surface area (Å²) in [5.74, 6) is 0. The summed E-state index contributed by atoms with van der Waals surface area (Å²) in [4.78, 5) is 2.51. The highest BCUT2D eigenvalue weighted by Gasteiger charge is 2.29. The van der Waals surface area contributed by atoms with E-state index in [2.05, 4.69) is 31.0 Å². The second-order valence-corrected chi connectivity index (χ2v) is 4.76. The van der Waals surface area contributed by atoms with Crippen LogP contribution in [-0.2, 0) is 0 Å². The van der Waals surface area contributed by atoms with Gasteiger partial charge in [0.2, 0.25) is 0 Å². The molecule has 0 aliphatic carbocycles. The van der Waals surface area contributed by atoms with Gasteiger partial charge in [-0.25, -0.2) is 0 Å². The third-order valence-corrected chi connectivity index (χ3v) is 3.33. The number of aliphatic hydroxyl groups is 1. The molecule has 1 heterocycles. The molecular weight excluding hydrogens is 176 g/mol.